The van der Waals surface area contributed by atoms with Gasteiger partial charge in [-0.1, -0.05) is 30.3 Å². The van der Waals surface area contributed by atoms with Gasteiger partial charge in [0, 0.05) is 31.5 Å². The molecule has 120 valence electrons. The third kappa shape index (κ3) is 4.07. The minimum atomic E-state index is -0.172. The van der Waals surface area contributed by atoms with Crippen molar-refractivity contribution in [1.29, 1.82) is 0 Å². The second-order valence-electron chi connectivity index (χ2n) is 5.97. The molecule has 2 aromatic rings. The molecule has 0 spiro atoms. The summed E-state index contributed by atoms with van der Waals surface area (Å²) in [6.07, 6.45) is 4.95. The van der Waals surface area contributed by atoms with Crippen LogP contribution in [0.2, 0.25) is 0 Å². The van der Waals surface area contributed by atoms with Crippen LogP contribution in [0.5, 0.6) is 0 Å². The molecule has 0 radical (unpaired) electrons. The van der Waals surface area contributed by atoms with Crippen molar-refractivity contribution in [2.75, 3.05) is 18.4 Å². The molecule has 1 amide bonds. The predicted molar refractivity (Wildman–Crippen MR) is 90.1 cm³/mol. The minimum absolute atomic E-state index is 0.0699. The van der Waals surface area contributed by atoms with E-state index in [0.717, 1.165) is 32.5 Å². The summed E-state index contributed by atoms with van der Waals surface area (Å²) in [5.74, 6) is -0.147. The zero-order valence-corrected chi connectivity index (χ0v) is 13.0. The average Bonchev–Trinajstić information content (AvgIpc) is 2.58. The number of nitrogens with one attached hydrogen (secondary N) is 2. The standard InChI is InChI=1S/C18H21N3O2/c22-17-8-9-19-11-16(17)20-18(23)15-7-4-10-21(13-15)12-14-5-2-1-3-6-14/h1-3,5-6,8-9,11,15H,4,7,10,12-13H2,(H,19,22)(H,20,23). The van der Waals surface area contributed by atoms with E-state index in [1.165, 1.54) is 17.8 Å². The molecule has 2 heterocycles. The molecule has 0 aliphatic carbocycles. The number of pyridine rings is 1. The maximum absolute atomic E-state index is 12.4. The van der Waals surface area contributed by atoms with E-state index in [1.54, 1.807) is 6.20 Å². The van der Waals surface area contributed by atoms with Gasteiger partial charge >= 0.3 is 0 Å². The van der Waals surface area contributed by atoms with Gasteiger partial charge in [0.25, 0.3) is 0 Å². The first kappa shape index (κ1) is 15.5. The zero-order valence-electron chi connectivity index (χ0n) is 13.0. The highest BCUT2D eigenvalue weighted by molar-refractivity contribution is 5.92. The molecule has 23 heavy (non-hydrogen) atoms. The largest absolute Gasteiger partial charge is 0.366 e. The molecule has 1 saturated heterocycles. The molecule has 1 aromatic heterocycles. The van der Waals surface area contributed by atoms with E-state index in [-0.39, 0.29) is 17.3 Å². The molecule has 1 aliphatic rings. The van der Waals surface area contributed by atoms with Gasteiger partial charge in [-0.2, -0.15) is 0 Å². The van der Waals surface area contributed by atoms with Crippen molar-refractivity contribution in [3.05, 3.63) is 64.6 Å². The summed E-state index contributed by atoms with van der Waals surface area (Å²) in [6.45, 7) is 2.59. The highest BCUT2D eigenvalue weighted by atomic mass is 16.2. The number of benzene rings is 1. The first-order valence-electron chi connectivity index (χ1n) is 7.96. The highest BCUT2D eigenvalue weighted by Crippen LogP contribution is 2.19. The van der Waals surface area contributed by atoms with Crippen LogP contribution in [0.3, 0.4) is 0 Å². The van der Waals surface area contributed by atoms with Crippen molar-refractivity contribution < 1.29 is 4.79 Å². The Morgan fingerprint density at radius 2 is 2.09 bits per heavy atom. The fourth-order valence-corrected chi connectivity index (χ4v) is 3.00. The quantitative estimate of drug-likeness (QED) is 0.910. The Labute approximate surface area is 135 Å². The zero-order chi connectivity index (χ0) is 16.1. The number of hydrogen-bond acceptors (Lipinski definition) is 3. The number of H-pyrrole nitrogens is 1. The number of amides is 1. The monoisotopic (exact) mass is 311 g/mol. The van der Waals surface area contributed by atoms with Crippen molar-refractivity contribution in [3.63, 3.8) is 0 Å². The first-order valence-corrected chi connectivity index (χ1v) is 7.96. The molecule has 5 nitrogen and oxygen atoms in total. The number of aromatic nitrogens is 1. The van der Waals surface area contributed by atoms with Crippen LogP contribution in [-0.2, 0) is 11.3 Å². The molecule has 1 unspecified atom stereocenters. The third-order valence-electron chi connectivity index (χ3n) is 4.21. The summed E-state index contributed by atoms with van der Waals surface area (Å²) in [6, 6.07) is 11.7. The summed E-state index contributed by atoms with van der Waals surface area (Å²) in [4.78, 5) is 29.3. The van der Waals surface area contributed by atoms with Crippen LogP contribution >= 0.6 is 0 Å². The van der Waals surface area contributed by atoms with Crippen LogP contribution in [0.1, 0.15) is 18.4 Å². The maximum atomic E-state index is 12.4. The number of carbonyl (C=O) groups is 1. The van der Waals surface area contributed by atoms with Gasteiger partial charge in [0.2, 0.25) is 11.3 Å². The Morgan fingerprint density at radius 3 is 2.87 bits per heavy atom. The van der Waals surface area contributed by atoms with Crippen molar-refractivity contribution in [3.8, 4) is 0 Å². The molecule has 5 heteroatoms. The minimum Gasteiger partial charge on any atom is -0.366 e. The third-order valence-corrected chi connectivity index (χ3v) is 4.21. The number of aromatic amines is 1. The number of hydrogen-bond donors (Lipinski definition) is 2. The molecule has 0 bridgehead atoms. The number of likely N-dealkylation sites (tertiary alicyclic amines) is 1. The number of carbonyl (C=O) groups excluding carboxylic acids is 1. The second-order valence-corrected chi connectivity index (χ2v) is 5.97. The van der Waals surface area contributed by atoms with E-state index in [0.29, 0.717) is 5.69 Å². The molecular weight excluding hydrogens is 290 g/mol. The van der Waals surface area contributed by atoms with Crippen LogP contribution in [0.25, 0.3) is 0 Å². The lowest BCUT2D eigenvalue weighted by molar-refractivity contribution is -0.121. The highest BCUT2D eigenvalue weighted by Gasteiger charge is 2.26. The van der Waals surface area contributed by atoms with E-state index < -0.39 is 0 Å². The SMILES string of the molecule is O=C(Nc1c[nH]ccc1=O)C1CCCN(Cc2ccccc2)C1. The fourth-order valence-electron chi connectivity index (χ4n) is 3.00. The fraction of sp³-hybridized carbons (Fsp3) is 0.333. The second kappa shape index (κ2) is 7.24. The van der Waals surface area contributed by atoms with Gasteiger partial charge in [-0.25, -0.2) is 0 Å². The molecule has 0 saturated carbocycles. The Kier molecular flexibility index (Phi) is 4.88. The van der Waals surface area contributed by atoms with Gasteiger partial charge in [0.05, 0.1) is 5.92 Å². The van der Waals surface area contributed by atoms with Crippen molar-refractivity contribution in [2.24, 2.45) is 5.92 Å². The number of piperidine rings is 1. The van der Waals surface area contributed by atoms with Gasteiger partial charge < -0.3 is 10.3 Å². The number of rotatable bonds is 4. The van der Waals surface area contributed by atoms with Crippen LogP contribution in [0, 0.1) is 5.92 Å². The van der Waals surface area contributed by atoms with Gasteiger partial charge in [-0.05, 0) is 24.9 Å². The van der Waals surface area contributed by atoms with Crippen molar-refractivity contribution in [2.45, 2.75) is 19.4 Å². The summed E-state index contributed by atoms with van der Waals surface area (Å²) >= 11 is 0. The van der Waals surface area contributed by atoms with Gasteiger partial charge in [-0.15, -0.1) is 0 Å². The van der Waals surface area contributed by atoms with Crippen LogP contribution in [-0.4, -0.2) is 28.9 Å². The van der Waals surface area contributed by atoms with E-state index >= 15 is 0 Å². The number of anilines is 1. The summed E-state index contributed by atoms with van der Waals surface area (Å²) < 4.78 is 0. The summed E-state index contributed by atoms with van der Waals surface area (Å²) in [7, 11) is 0. The Bertz CT molecular complexity index is 711. The Hall–Kier alpha value is -2.40. The smallest absolute Gasteiger partial charge is 0.228 e. The summed E-state index contributed by atoms with van der Waals surface area (Å²) in [5.41, 5.74) is 1.40. The molecule has 1 aromatic carbocycles. The molecule has 1 fully saturated rings. The number of nitrogens with zero attached hydrogens (tertiary/aromatic N) is 1. The summed E-state index contributed by atoms with van der Waals surface area (Å²) in [5, 5.41) is 2.75. The first-order chi connectivity index (χ1) is 11.2. The Balaban J connectivity index is 1.61. The van der Waals surface area contributed by atoms with Gasteiger partial charge in [-0.3, -0.25) is 14.5 Å². The Morgan fingerprint density at radius 1 is 1.26 bits per heavy atom. The van der Waals surface area contributed by atoms with E-state index in [4.69, 9.17) is 0 Å². The lowest BCUT2D eigenvalue weighted by Gasteiger charge is -2.32. The maximum Gasteiger partial charge on any atom is 0.228 e. The molecule has 1 aliphatic heterocycles. The van der Waals surface area contributed by atoms with Gasteiger partial charge in [0.1, 0.15) is 5.69 Å². The van der Waals surface area contributed by atoms with E-state index in [2.05, 4.69) is 27.3 Å². The van der Waals surface area contributed by atoms with Crippen LogP contribution in [0.4, 0.5) is 5.69 Å². The topological polar surface area (TPSA) is 65.2 Å². The van der Waals surface area contributed by atoms with E-state index in [1.807, 2.05) is 18.2 Å². The molecule has 1 atom stereocenters. The van der Waals surface area contributed by atoms with Crippen LogP contribution < -0.4 is 10.7 Å². The average molecular weight is 311 g/mol. The van der Waals surface area contributed by atoms with Crippen molar-refractivity contribution in [1.82, 2.24) is 9.88 Å². The van der Waals surface area contributed by atoms with Gasteiger partial charge in [0.15, 0.2) is 0 Å². The normalized spacial score (nSPS) is 18.5. The predicted octanol–water partition coefficient (Wildman–Crippen LogP) is 2.23. The lowest BCUT2D eigenvalue weighted by atomic mass is 9.96. The van der Waals surface area contributed by atoms with E-state index in [9.17, 15) is 9.59 Å². The van der Waals surface area contributed by atoms with Crippen LogP contribution in [0.15, 0.2) is 53.6 Å². The lowest BCUT2D eigenvalue weighted by Crippen LogP contribution is -2.40. The molecule has 3 rings (SSSR count). The van der Waals surface area contributed by atoms with Crippen molar-refractivity contribution >= 4 is 11.6 Å². The molecule has 2 N–H and O–H groups in total. The molecular formula is C18H21N3O2.